The Morgan fingerprint density at radius 3 is 2.39 bits per heavy atom. The molecule has 2 N–H and O–H groups in total. The number of imidazole rings is 1. The first-order valence-corrected chi connectivity index (χ1v) is 13.7. The zero-order valence-corrected chi connectivity index (χ0v) is 22.4. The van der Waals surface area contributed by atoms with E-state index in [1.54, 1.807) is 32.9 Å². The van der Waals surface area contributed by atoms with Gasteiger partial charge >= 0.3 is 6.09 Å². The summed E-state index contributed by atoms with van der Waals surface area (Å²) in [5, 5.41) is 2.75. The van der Waals surface area contributed by atoms with Crippen molar-refractivity contribution in [1.29, 1.82) is 0 Å². The number of carbonyl (C=O) groups excluding carboxylic acids is 1. The van der Waals surface area contributed by atoms with Gasteiger partial charge in [0, 0.05) is 26.1 Å². The van der Waals surface area contributed by atoms with Crippen molar-refractivity contribution in [3.05, 3.63) is 95.6 Å². The number of fused-ring (bicyclic) bond motifs is 1. The van der Waals surface area contributed by atoms with Gasteiger partial charge in [-0.05, 0) is 62.2 Å². The number of carbonyl (C=O) groups is 1. The third-order valence-electron chi connectivity index (χ3n) is 5.69. The van der Waals surface area contributed by atoms with Gasteiger partial charge in [0.25, 0.3) is 0 Å². The molecule has 4 aromatic rings. The molecule has 0 saturated heterocycles. The van der Waals surface area contributed by atoms with Gasteiger partial charge in [-0.1, -0.05) is 42.5 Å². The Balaban J connectivity index is 1.57. The van der Waals surface area contributed by atoms with E-state index in [9.17, 15) is 17.6 Å². The van der Waals surface area contributed by atoms with Crippen LogP contribution in [0.15, 0.2) is 77.7 Å². The molecule has 0 atom stereocenters. The van der Waals surface area contributed by atoms with Gasteiger partial charge in [-0.15, -0.1) is 0 Å². The second kappa shape index (κ2) is 11.3. The summed E-state index contributed by atoms with van der Waals surface area (Å²) in [6, 6.07) is 20.3. The van der Waals surface area contributed by atoms with Crippen molar-refractivity contribution in [2.75, 3.05) is 6.54 Å². The van der Waals surface area contributed by atoms with Crippen molar-refractivity contribution >= 4 is 27.1 Å². The maximum Gasteiger partial charge on any atom is 0.407 e. The zero-order chi connectivity index (χ0) is 27.3. The summed E-state index contributed by atoms with van der Waals surface area (Å²) in [4.78, 5) is 16.9. The fraction of sp³-hybridized carbons (Fsp3) is 0.286. The molecule has 0 aliphatic rings. The SMILES string of the molecule is CC(C)(C)OC(=O)NCCc1nc2cc(S(=O)(=O)NCc3ccc(F)cc3)ccc2n1Cc1ccccc1. The standard InChI is InChI=1S/C28H31FN4O4S/c1-28(2,3)37-27(34)30-16-15-26-32-24-17-23(38(35,36)31-18-20-9-11-22(29)12-10-20)13-14-25(24)33(26)19-21-7-5-4-6-8-21/h4-14,17,31H,15-16,18-19H2,1-3H3,(H,30,34). The number of hydrogen-bond donors (Lipinski definition) is 2. The first kappa shape index (κ1) is 27.3. The molecule has 0 saturated carbocycles. The lowest BCUT2D eigenvalue weighted by Crippen LogP contribution is -2.33. The second-order valence-electron chi connectivity index (χ2n) is 9.88. The number of hydrogen-bond acceptors (Lipinski definition) is 5. The van der Waals surface area contributed by atoms with Crippen molar-refractivity contribution < 1.29 is 22.3 Å². The number of benzene rings is 3. The zero-order valence-electron chi connectivity index (χ0n) is 21.6. The molecule has 4 rings (SSSR count). The van der Waals surface area contributed by atoms with Gasteiger partial charge in [0.2, 0.25) is 10.0 Å². The van der Waals surface area contributed by atoms with Crippen LogP contribution in [0.25, 0.3) is 11.0 Å². The van der Waals surface area contributed by atoms with Crippen LogP contribution in [0.3, 0.4) is 0 Å². The van der Waals surface area contributed by atoms with Gasteiger partial charge < -0.3 is 14.6 Å². The highest BCUT2D eigenvalue weighted by molar-refractivity contribution is 7.89. The topological polar surface area (TPSA) is 102 Å². The molecule has 38 heavy (non-hydrogen) atoms. The van der Waals surface area contributed by atoms with Gasteiger partial charge in [-0.25, -0.2) is 27.3 Å². The van der Waals surface area contributed by atoms with Crippen LogP contribution >= 0.6 is 0 Å². The van der Waals surface area contributed by atoms with Crippen LogP contribution in [0.4, 0.5) is 9.18 Å². The summed E-state index contributed by atoms with van der Waals surface area (Å²) in [5.41, 5.74) is 2.40. The van der Waals surface area contributed by atoms with Crippen LogP contribution in [-0.2, 0) is 34.3 Å². The van der Waals surface area contributed by atoms with Crippen molar-refractivity contribution in [2.24, 2.45) is 0 Å². The Bertz CT molecular complexity index is 1510. The Kier molecular flexibility index (Phi) is 8.13. The number of nitrogens with zero attached hydrogens (tertiary/aromatic N) is 2. The Morgan fingerprint density at radius 1 is 1.00 bits per heavy atom. The number of halogens is 1. The third kappa shape index (κ3) is 7.17. The number of ether oxygens (including phenoxy) is 1. The van der Waals surface area contributed by atoms with E-state index >= 15 is 0 Å². The molecule has 0 aliphatic carbocycles. The van der Waals surface area contributed by atoms with Crippen LogP contribution in [0.1, 0.15) is 37.7 Å². The summed E-state index contributed by atoms with van der Waals surface area (Å²) < 4.78 is 49.0. The van der Waals surface area contributed by atoms with E-state index in [0.29, 0.717) is 36.4 Å². The first-order chi connectivity index (χ1) is 18.0. The van der Waals surface area contributed by atoms with Gasteiger partial charge in [0.05, 0.1) is 15.9 Å². The average molecular weight is 539 g/mol. The number of amides is 1. The fourth-order valence-electron chi connectivity index (χ4n) is 3.91. The van der Waals surface area contributed by atoms with Crippen LogP contribution in [0.2, 0.25) is 0 Å². The molecule has 1 aromatic heterocycles. The maximum atomic E-state index is 13.2. The minimum atomic E-state index is -3.83. The highest BCUT2D eigenvalue weighted by Crippen LogP contribution is 2.22. The molecule has 0 spiro atoms. The summed E-state index contributed by atoms with van der Waals surface area (Å²) in [6.07, 6.45) is -0.0881. The largest absolute Gasteiger partial charge is 0.444 e. The number of alkyl carbamates (subject to hydrolysis) is 1. The van der Waals surface area contributed by atoms with E-state index < -0.39 is 21.7 Å². The Hall–Kier alpha value is -3.76. The molecule has 10 heteroatoms. The van der Waals surface area contributed by atoms with E-state index in [1.165, 1.54) is 30.3 Å². The molecule has 1 amide bonds. The van der Waals surface area contributed by atoms with Crippen LogP contribution < -0.4 is 10.0 Å². The first-order valence-electron chi connectivity index (χ1n) is 12.2. The summed E-state index contributed by atoms with van der Waals surface area (Å²) >= 11 is 0. The molecular weight excluding hydrogens is 507 g/mol. The fourth-order valence-corrected chi connectivity index (χ4v) is 4.95. The molecule has 8 nitrogen and oxygen atoms in total. The summed E-state index contributed by atoms with van der Waals surface area (Å²) in [7, 11) is -3.83. The minimum Gasteiger partial charge on any atom is -0.444 e. The van der Waals surface area contributed by atoms with E-state index in [1.807, 2.05) is 34.9 Å². The number of nitrogens with one attached hydrogen (secondary N) is 2. The average Bonchev–Trinajstić information content (AvgIpc) is 3.19. The summed E-state index contributed by atoms with van der Waals surface area (Å²) in [5.74, 6) is 0.318. The van der Waals surface area contributed by atoms with Crippen molar-refractivity contribution in [3.8, 4) is 0 Å². The lowest BCUT2D eigenvalue weighted by atomic mass is 10.2. The molecule has 3 aromatic carbocycles. The highest BCUT2D eigenvalue weighted by atomic mass is 32.2. The van der Waals surface area contributed by atoms with E-state index in [-0.39, 0.29) is 17.3 Å². The Morgan fingerprint density at radius 2 is 1.71 bits per heavy atom. The quantitative estimate of drug-likeness (QED) is 0.320. The van der Waals surface area contributed by atoms with Crippen LogP contribution in [0.5, 0.6) is 0 Å². The van der Waals surface area contributed by atoms with Gasteiger partial charge in [-0.3, -0.25) is 0 Å². The lowest BCUT2D eigenvalue weighted by Gasteiger charge is -2.19. The number of rotatable bonds is 9. The van der Waals surface area contributed by atoms with Gasteiger partial charge in [-0.2, -0.15) is 0 Å². The third-order valence-corrected chi connectivity index (χ3v) is 7.09. The van der Waals surface area contributed by atoms with Crippen molar-refractivity contribution in [3.63, 3.8) is 0 Å². The molecule has 0 bridgehead atoms. The lowest BCUT2D eigenvalue weighted by molar-refractivity contribution is 0.0528. The smallest absolute Gasteiger partial charge is 0.407 e. The van der Waals surface area contributed by atoms with Crippen molar-refractivity contribution in [2.45, 2.75) is 50.8 Å². The van der Waals surface area contributed by atoms with E-state index in [2.05, 4.69) is 10.0 Å². The monoisotopic (exact) mass is 538 g/mol. The molecular formula is C28H31FN4O4S. The second-order valence-corrected chi connectivity index (χ2v) is 11.6. The molecule has 0 unspecified atom stereocenters. The molecule has 0 aliphatic heterocycles. The predicted octanol–water partition coefficient (Wildman–Crippen LogP) is 4.77. The molecule has 200 valence electrons. The Labute approximate surface area is 221 Å². The summed E-state index contributed by atoms with van der Waals surface area (Å²) in [6.45, 7) is 6.26. The molecule has 0 radical (unpaired) electrons. The normalized spacial score (nSPS) is 12.0. The van der Waals surface area contributed by atoms with Gasteiger partial charge in [0.1, 0.15) is 17.2 Å². The van der Waals surface area contributed by atoms with E-state index in [4.69, 9.17) is 9.72 Å². The molecule has 1 heterocycles. The minimum absolute atomic E-state index is 0.0324. The number of aromatic nitrogens is 2. The van der Waals surface area contributed by atoms with Gasteiger partial charge in [0.15, 0.2) is 0 Å². The van der Waals surface area contributed by atoms with Crippen molar-refractivity contribution in [1.82, 2.24) is 19.6 Å². The van der Waals surface area contributed by atoms with E-state index in [0.717, 1.165) is 11.1 Å². The predicted molar refractivity (Wildman–Crippen MR) is 144 cm³/mol. The van der Waals surface area contributed by atoms with Crippen LogP contribution in [-0.4, -0.2) is 36.2 Å². The van der Waals surface area contributed by atoms with Crippen LogP contribution in [0, 0.1) is 5.82 Å². The maximum absolute atomic E-state index is 13.2. The molecule has 0 fully saturated rings. The number of sulfonamides is 1. The highest BCUT2D eigenvalue weighted by Gasteiger charge is 2.19.